The number of amides is 2. The van der Waals surface area contributed by atoms with Crippen molar-refractivity contribution in [3.8, 4) is 0 Å². The van der Waals surface area contributed by atoms with Crippen LogP contribution in [-0.2, 0) is 22.7 Å². The third-order valence-electron chi connectivity index (χ3n) is 8.17. The zero-order valence-electron chi connectivity index (χ0n) is 21.4. The molecule has 2 amide bonds. The Labute approximate surface area is 219 Å². The monoisotopic (exact) mass is 508 g/mol. The number of piperidine rings is 1. The Morgan fingerprint density at radius 2 is 1.78 bits per heavy atom. The quantitative estimate of drug-likeness (QED) is 0.560. The number of hydrogen-bond acceptors (Lipinski definition) is 5. The number of nitrogens with two attached hydrogens (primary N) is 1. The van der Waals surface area contributed by atoms with Crippen molar-refractivity contribution in [2.45, 2.75) is 95.5 Å². The maximum atomic E-state index is 13.6. The Hall–Kier alpha value is -2.22. The van der Waals surface area contributed by atoms with Gasteiger partial charge in [-0.3, -0.25) is 14.5 Å². The molecule has 2 aromatic rings. The molecule has 0 bridgehead atoms. The number of rotatable bonds is 8. The summed E-state index contributed by atoms with van der Waals surface area (Å²) >= 11 is 1.78. The van der Waals surface area contributed by atoms with E-state index in [1.165, 1.54) is 16.0 Å². The zero-order chi connectivity index (χ0) is 25.1. The van der Waals surface area contributed by atoms with Gasteiger partial charge >= 0.3 is 0 Å². The third-order valence-corrected chi connectivity index (χ3v) is 9.03. The van der Waals surface area contributed by atoms with Crippen molar-refractivity contribution in [3.05, 3.63) is 57.8 Å². The van der Waals surface area contributed by atoms with Gasteiger partial charge < -0.3 is 16.0 Å². The number of aryl methyl sites for hydroxylation is 1. The molecule has 3 N–H and O–H groups in total. The summed E-state index contributed by atoms with van der Waals surface area (Å²) in [6.45, 7) is 4.47. The van der Waals surface area contributed by atoms with Crippen molar-refractivity contribution < 1.29 is 9.59 Å². The van der Waals surface area contributed by atoms with E-state index in [1.54, 1.807) is 11.3 Å². The van der Waals surface area contributed by atoms with Gasteiger partial charge in [0, 0.05) is 48.6 Å². The van der Waals surface area contributed by atoms with E-state index < -0.39 is 6.04 Å². The number of carbonyl (C=O) groups excluding carboxylic acids is 2. The Morgan fingerprint density at radius 3 is 2.44 bits per heavy atom. The summed E-state index contributed by atoms with van der Waals surface area (Å²) in [4.78, 5) is 32.6. The second-order valence-corrected chi connectivity index (χ2v) is 12.1. The predicted octanol–water partition coefficient (Wildman–Crippen LogP) is 4.21. The number of thiophene rings is 1. The van der Waals surface area contributed by atoms with Gasteiger partial charge in [0.2, 0.25) is 11.8 Å². The second-order valence-electron chi connectivity index (χ2n) is 11.1. The fourth-order valence-electron chi connectivity index (χ4n) is 5.76. The Bertz CT molecular complexity index is 1010. The van der Waals surface area contributed by atoms with Crippen LogP contribution in [0.25, 0.3) is 0 Å². The molecule has 1 aliphatic heterocycles. The number of nitrogens with one attached hydrogen (secondary N) is 1. The molecular weight excluding hydrogens is 468 g/mol. The number of likely N-dealkylation sites (tertiary alicyclic amines) is 1. The third kappa shape index (κ3) is 6.36. The molecule has 2 heterocycles. The van der Waals surface area contributed by atoms with Gasteiger partial charge in [0.15, 0.2) is 0 Å². The molecule has 1 aromatic carbocycles. The van der Waals surface area contributed by atoms with Crippen LogP contribution in [0.4, 0.5) is 0 Å². The van der Waals surface area contributed by atoms with Gasteiger partial charge in [-0.1, -0.05) is 35.9 Å². The van der Waals surface area contributed by atoms with E-state index in [0.717, 1.165) is 58.0 Å². The van der Waals surface area contributed by atoms with Crippen LogP contribution in [0.5, 0.6) is 0 Å². The average Bonchev–Trinajstić information content (AvgIpc) is 3.61. The van der Waals surface area contributed by atoms with Gasteiger partial charge in [-0.25, -0.2) is 0 Å². The van der Waals surface area contributed by atoms with Crippen molar-refractivity contribution in [2.24, 2.45) is 11.7 Å². The average molecular weight is 509 g/mol. The number of hydrogen-bond donors (Lipinski definition) is 2. The van der Waals surface area contributed by atoms with Crippen molar-refractivity contribution in [2.75, 3.05) is 6.54 Å². The first kappa shape index (κ1) is 25.4. The maximum absolute atomic E-state index is 13.6. The molecule has 0 spiro atoms. The van der Waals surface area contributed by atoms with Gasteiger partial charge in [0.1, 0.15) is 6.04 Å². The molecule has 1 unspecified atom stereocenters. The van der Waals surface area contributed by atoms with Crippen molar-refractivity contribution in [1.29, 1.82) is 0 Å². The fraction of sp³-hybridized carbons (Fsp3) is 0.586. The molecule has 2 saturated carbocycles. The van der Waals surface area contributed by atoms with Crippen LogP contribution in [0.15, 0.2) is 41.8 Å². The summed E-state index contributed by atoms with van der Waals surface area (Å²) in [7, 11) is 0. The molecule has 2 aliphatic carbocycles. The molecule has 2 atom stereocenters. The highest BCUT2D eigenvalue weighted by atomic mass is 32.1. The predicted molar refractivity (Wildman–Crippen MR) is 144 cm³/mol. The van der Waals surface area contributed by atoms with Crippen LogP contribution in [0.3, 0.4) is 0 Å². The van der Waals surface area contributed by atoms with E-state index in [0.29, 0.717) is 13.0 Å². The minimum absolute atomic E-state index is 0.0283. The Balaban J connectivity index is 1.33. The topological polar surface area (TPSA) is 78.7 Å². The summed E-state index contributed by atoms with van der Waals surface area (Å²) in [5.74, 6) is 0.336. The molecule has 3 fully saturated rings. The van der Waals surface area contributed by atoms with Gasteiger partial charge in [-0.05, 0) is 75.3 Å². The lowest BCUT2D eigenvalue weighted by molar-refractivity contribution is -0.145. The summed E-state index contributed by atoms with van der Waals surface area (Å²) < 4.78 is 0. The van der Waals surface area contributed by atoms with Gasteiger partial charge in [-0.15, -0.1) is 11.3 Å². The molecule has 36 heavy (non-hydrogen) atoms. The van der Waals surface area contributed by atoms with Crippen molar-refractivity contribution in [3.63, 3.8) is 0 Å². The van der Waals surface area contributed by atoms with E-state index >= 15 is 0 Å². The highest BCUT2D eigenvalue weighted by Gasteiger charge is 2.43. The maximum Gasteiger partial charge on any atom is 0.243 e. The molecule has 1 aromatic heterocycles. The van der Waals surface area contributed by atoms with Crippen LogP contribution in [-0.4, -0.2) is 52.3 Å². The minimum Gasteiger partial charge on any atom is -0.352 e. The molecule has 7 heteroatoms. The lowest BCUT2D eigenvalue weighted by atomic mass is 9.90. The lowest BCUT2D eigenvalue weighted by Gasteiger charge is -2.43. The summed E-state index contributed by atoms with van der Waals surface area (Å²) in [6, 6.07) is 13.3. The fourth-order valence-corrected chi connectivity index (χ4v) is 6.49. The molecule has 3 aliphatic rings. The molecule has 5 rings (SSSR count). The molecule has 6 nitrogen and oxygen atoms in total. The van der Waals surface area contributed by atoms with Gasteiger partial charge in [0.25, 0.3) is 0 Å². The molecule has 1 saturated heterocycles. The smallest absolute Gasteiger partial charge is 0.243 e. The Kier molecular flexibility index (Phi) is 8.09. The highest BCUT2D eigenvalue weighted by molar-refractivity contribution is 7.09. The van der Waals surface area contributed by atoms with Crippen LogP contribution in [0, 0.1) is 12.8 Å². The van der Waals surface area contributed by atoms with E-state index in [9.17, 15) is 9.59 Å². The van der Waals surface area contributed by atoms with Crippen molar-refractivity contribution >= 4 is 23.2 Å². The van der Waals surface area contributed by atoms with Gasteiger partial charge in [-0.2, -0.15) is 0 Å². The number of carbonyl (C=O) groups is 2. The normalized spacial score (nSPS) is 26.7. The van der Waals surface area contributed by atoms with Crippen LogP contribution >= 0.6 is 11.3 Å². The van der Waals surface area contributed by atoms with E-state index in [1.807, 2.05) is 4.90 Å². The van der Waals surface area contributed by atoms with Crippen molar-refractivity contribution in [1.82, 2.24) is 15.1 Å². The first-order valence-corrected chi connectivity index (χ1v) is 14.5. The number of benzene rings is 1. The van der Waals surface area contributed by atoms with Crippen LogP contribution < -0.4 is 11.1 Å². The summed E-state index contributed by atoms with van der Waals surface area (Å²) in [5.41, 5.74) is 8.63. The summed E-state index contributed by atoms with van der Waals surface area (Å²) in [5, 5.41) is 5.44. The van der Waals surface area contributed by atoms with E-state index in [2.05, 4.69) is 58.9 Å². The van der Waals surface area contributed by atoms with E-state index in [-0.39, 0.29) is 35.9 Å². The minimum atomic E-state index is -0.392. The molecule has 0 radical (unpaired) electrons. The summed E-state index contributed by atoms with van der Waals surface area (Å²) in [6.07, 6.45) is 7.28. The first-order chi connectivity index (χ1) is 17.5. The SMILES string of the molecule is Cc1ccc(CN(Cc2cccs2)C2CCN(C(=O)C3CC3)[C@@H](C(=O)NC3CCC(N)CC3)C2)cc1. The zero-order valence-corrected chi connectivity index (χ0v) is 22.2. The lowest BCUT2D eigenvalue weighted by Crippen LogP contribution is -2.58. The Morgan fingerprint density at radius 1 is 1.03 bits per heavy atom. The first-order valence-electron chi connectivity index (χ1n) is 13.6. The molecular formula is C29H40N4O2S. The largest absolute Gasteiger partial charge is 0.352 e. The highest BCUT2D eigenvalue weighted by Crippen LogP contribution is 2.35. The standard InChI is InChI=1S/C29H40N4O2S/c1-20-4-6-21(7-5-20)18-32(19-26-3-2-16-36-26)25-14-15-33(29(35)22-8-9-22)27(17-25)28(34)31-24-12-10-23(30)11-13-24/h2-7,16,22-25,27H,8-15,17-19,30H2,1H3,(H,31,34)/t23?,24?,25?,27-/m1/s1. The van der Waals surface area contributed by atoms with Crippen LogP contribution in [0.1, 0.15) is 67.4 Å². The second kappa shape index (κ2) is 11.4. The van der Waals surface area contributed by atoms with Crippen LogP contribution in [0.2, 0.25) is 0 Å². The van der Waals surface area contributed by atoms with Gasteiger partial charge in [0.05, 0.1) is 0 Å². The van der Waals surface area contributed by atoms with E-state index in [4.69, 9.17) is 5.73 Å². The molecule has 194 valence electrons. The number of nitrogens with zero attached hydrogens (tertiary/aromatic N) is 2.